The van der Waals surface area contributed by atoms with E-state index in [2.05, 4.69) is 47.1 Å². The minimum absolute atomic E-state index is 0.211. The summed E-state index contributed by atoms with van der Waals surface area (Å²) in [5.41, 5.74) is 1.11. The van der Waals surface area contributed by atoms with Crippen LogP contribution in [0.15, 0.2) is 42.5 Å². The summed E-state index contributed by atoms with van der Waals surface area (Å²) in [6.07, 6.45) is 1.47. The van der Waals surface area contributed by atoms with Gasteiger partial charge in [0, 0.05) is 18.4 Å². The first-order chi connectivity index (χ1) is 9.76. The molecule has 0 aliphatic heterocycles. The molecule has 0 N–H and O–H groups in total. The van der Waals surface area contributed by atoms with Gasteiger partial charge in [0.05, 0.1) is 6.42 Å². The van der Waals surface area contributed by atoms with Gasteiger partial charge in [0.2, 0.25) is 5.91 Å². The number of halogens is 1. The van der Waals surface area contributed by atoms with E-state index in [0.29, 0.717) is 6.42 Å². The number of hydrogen-bond donors (Lipinski definition) is 0. The first-order valence-electron chi connectivity index (χ1n) is 7.06. The summed E-state index contributed by atoms with van der Waals surface area (Å²) in [4.78, 5) is 14.4. The van der Waals surface area contributed by atoms with Crippen molar-refractivity contribution in [2.45, 2.75) is 19.8 Å². The predicted octanol–water partition coefficient (Wildman–Crippen LogP) is 4.02. The molecule has 2 aromatic rings. The molecule has 0 aliphatic rings. The van der Waals surface area contributed by atoms with Crippen LogP contribution in [0.25, 0.3) is 10.8 Å². The number of nitrogens with zero attached hydrogens (tertiary/aromatic N) is 1. The van der Waals surface area contributed by atoms with Crippen LogP contribution in [-0.2, 0) is 11.2 Å². The largest absolute Gasteiger partial charge is 0.342 e. The molecule has 2 aromatic carbocycles. The van der Waals surface area contributed by atoms with Crippen molar-refractivity contribution in [2.75, 3.05) is 18.4 Å². The van der Waals surface area contributed by atoms with E-state index in [4.69, 9.17) is 0 Å². The fraction of sp³-hybridized carbons (Fsp3) is 0.353. The lowest BCUT2D eigenvalue weighted by molar-refractivity contribution is -0.130. The van der Waals surface area contributed by atoms with Crippen LogP contribution in [0.3, 0.4) is 0 Å². The maximum atomic E-state index is 12.4. The van der Waals surface area contributed by atoms with Gasteiger partial charge >= 0.3 is 0 Å². The van der Waals surface area contributed by atoms with Crippen molar-refractivity contribution in [1.29, 1.82) is 0 Å². The Morgan fingerprint density at radius 1 is 1.10 bits per heavy atom. The van der Waals surface area contributed by atoms with Crippen molar-refractivity contribution in [3.8, 4) is 0 Å². The summed E-state index contributed by atoms with van der Waals surface area (Å²) in [6, 6.07) is 14.4. The maximum absolute atomic E-state index is 12.4. The van der Waals surface area contributed by atoms with E-state index in [0.717, 1.165) is 30.4 Å². The Labute approximate surface area is 128 Å². The molecule has 0 saturated carbocycles. The van der Waals surface area contributed by atoms with Crippen molar-refractivity contribution < 1.29 is 4.79 Å². The quantitative estimate of drug-likeness (QED) is 0.731. The molecule has 0 aliphatic carbocycles. The summed E-state index contributed by atoms with van der Waals surface area (Å²) in [5.74, 6) is 0.211. The highest BCUT2D eigenvalue weighted by molar-refractivity contribution is 9.09. The Balaban J connectivity index is 2.20. The smallest absolute Gasteiger partial charge is 0.227 e. The second kappa shape index (κ2) is 7.44. The molecule has 2 rings (SSSR count). The van der Waals surface area contributed by atoms with E-state index in [1.54, 1.807) is 0 Å². The normalized spacial score (nSPS) is 10.7. The van der Waals surface area contributed by atoms with Gasteiger partial charge in [-0.2, -0.15) is 0 Å². The average molecular weight is 334 g/mol. The number of rotatable bonds is 6. The molecule has 3 heteroatoms. The number of carbonyl (C=O) groups excluding carboxylic acids is 1. The van der Waals surface area contributed by atoms with Crippen molar-refractivity contribution in [3.05, 3.63) is 48.0 Å². The fourth-order valence-electron chi connectivity index (χ4n) is 2.45. The first-order valence-corrected chi connectivity index (χ1v) is 8.18. The Kier molecular flexibility index (Phi) is 5.60. The van der Waals surface area contributed by atoms with Gasteiger partial charge in [0.1, 0.15) is 0 Å². The van der Waals surface area contributed by atoms with Crippen molar-refractivity contribution in [2.24, 2.45) is 0 Å². The molecule has 2 nitrogen and oxygen atoms in total. The molecule has 0 spiro atoms. The van der Waals surface area contributed by atoms with E-state index in [1.165, 1.54) is 10.8 Å². The standard InChI is InChI=1S/C17H20BrNO/c1-2-11-19(12-10-18)17(20)13-15-8-5-7-14-6-3-4-9-16(14)15/h3-9H,2,10-13H2,1H3. The average Bonchev–Trinajstić information content (AvgIpc) is 2.47. The number of amides is 1. The van der Waals surface area contributed by atoms with Gasteiger partial charge in [-0.15, -0.1) is 0 Å². The minimum atomic E-state index is 0.211. The molecule has 106 valence electrons. The van der Waals surface area contributed by atoms with Crippen LogP contribution >= 0.6 is 15.9 Å². The van der Waals surface area contributed by atoms with Gasteiger partial charge in [-0.3, -0.25) is 4.79 Å². The van der Waals surface area contributed by atoms with Crippen LogP contribution < -0.4 is 0 Å². The number of carbonyl (C=O) groups is 1. The Hall–Kier alpha value is -1.35. The van der Waals surface area contributed by atoms with Gasteiger partial charge < -0.3 is 4.90 Å². The first kappa shape index (κ1) is 15.0. The summed E-state index contributed by atoms with van der Waals surface area (Å²) >= 11 is 3.42. The molecule has 0 bridgehead atoms. The second-order valence-corrected chi connectivity index (χ2v) is 5.68. The van der Waals surface area contributed by atoms with E-state index in [1.807, 2.05) is 23.1 Å². The molecular formula is C17H20BrNO. The third-order valence-electron chi connectivity index (χ3n) is 3.42. The highest BCUT2D eigenvalue weighted by atomic mass is 79.9. The molecule has 0 unspecified atom stereocenters. The third kappa shape index (κ3) is 3.60. The number of alkyl halides is 1. The number of benzene rings is 2. The van der Waals surface area contributed by atoms with Crippen molar-refractivity contribution in [3.63, 3.8) is 0 Å². The monoisotopic (exact) mass is 333 g/mol. The molecule has 0 aromatic heterocycles. The molecule has 0 radical (unpaired) electrons. The van der Waals surface area contributed by atoms with Gasteiger partial charge in [-0.05, 0) is 22.8 Å². The SMILES string of the molecule is CCCN(CCBr)C(=O)Cc1cccc2ccccc12. The summed E-state index contributed by atoms with van der Waals surface area (Å²) in [6.45, 7) is 3.71. The Morgan fingerprint density at radius 3 is 2.60 bits per heavy atom. The molecule has 20 heavy (non-hydrogen) atoms. The highest BCUT2D eigenvalue weighted by Gasteiger charge is 2.13. The molecule has 0 atom stereocenters. The van der Waals surface area contributed by atoms with E-state index >= 15 is 0 Å². The molecular weight excluding hydrogens is 314 g/mol. The summed E-state index contributed by atoms with van der Waals surface area (Å²) in [7, 11) is 0. The maximum Gasteiger partial charge on any atom is 0.227 e. The zero-order chi connectivity index (χ0) is 14.4. The van der Waals surface area contributed by atoms with E-state index in [9.17, 15) is 4.79 Å². The summed E-state index contributed by atoms with van der Waals surface area (Å²) in [5, 5.41) is 3.20. The van der Waals surface area contributed by atoms with Crippen molar-refractivity contribution in [1.82, 2.24) is 4.90 Å². The molecule has 1 amide bonds. The van der Waals surface area contributed by atoms with Gasteiger partial charge in [0.25, 0.3) is 0 Å². The second-order valence-electron chi connectivity index (χ2n) is 4.88. The lowest BCUT2D eigenvalue weighted by atomic mass is 10.0. The predicted molar refractivity (Wildman–Crippen MR) is 88.3 cm³/mol. The van der Waals surface area contributed by atoms with Crippen LogP contribution in [0, 0.1) is 0 Å². The minimum Gasteiger partial charge on any atom is -0.342 e. The van der Waals surface area contributed by atoms with Gasteiger partial charge in [-0.25, -0.2) is 0 Å². The van der Waals surface area contributed by atoms with Crippen LogP contribution in [0.1, 0.15) is 18.9 Å². The van der Waals surface area contributed by atoms with Crippen LogP contribution in [0.5, 0.6) is 0 Å². The molecule has 0 fully saturated rings. The zero-order valence-corrected chi connectivity index (χ0v) is 13.4. The number of hydrogen-bond acceptors (Lipinski definition) is 1. The summed E-state index contributed by atoms with van der Waals surface area (Å²) < 4.78 is 0. The highest BCUT2D eigenvalue weighted by Crippen LogP contribution is 2.19. The molecule has 0 saturated heterocycles. The molecule has 0 heterocycles. The van der Waals surface area contributed by atoms with Gasteiger partial charge in [0.15, 0.2) is 0 Å². The fourth-order valence-corrected chi connectivity index (χ4v) is 2.88. The Bertz CT molecular complexity index is 571. The number of fused-ring (bicyclic) bond motifs is 1. The zero-order valence-electron chi connectivity index (χ0n) is 11.8. The third-order valence-corrected chi connectivity index (χ3v) is 3.78. The van der Waals surface area contributed by atoms with Crippen LogP contribution in [0.4, 0.5) is 0 Å². The van der Waals surface area contributed by atoms with E-state index < -0.39 is 0 Å². The van der Waals surface area contributed by atoms with Crippen molar-refractivity contribution >= 4 is 32.6 Å². The Morgan fingerprint density at radius 2 is 1.85 bits per heavy atom. The van der Waals surface area contributed by atoms with Crippen LogP contribution in [0.2, 0.25) is 0 Å². The lowest BCUT2D eigenvalue weighted by Gasteiger charge is -2.21. The van der Waals surface area contributed by atoms with Crippen LogP contribution in [-0.4, -0.2) is 29.2 Å². The lowest BCUT2D eigenvalue weighted by Crippen LogP contribution is -2.34. The van der Waals surface area contributed by atoms with E-state index in [-0.39, 0.29) is 5.91 Å². The topological polar surface area (TPSA) is 20.3 Å². The van der Waals surface area contributed by atoms with Gasteiger partial charge in [-0.1, -0.05) is 65.3 Å².